The fourth-order valence-electron chi connectivity index (χ4n) is 2.45. The molecule has 5 nitrogen and oxygen atoms in total. The van der Waals surface area contributed by atoms with Crippen molar-refractivity contribution < 1.29 is 13.9 Å². The van der Waals surface area contributed by atoms with Crippen LogP contribution in [0.4, 0.5) is 10.3 Å². The molecule has 0 saturated carbocycles. The Bertz CT molecular complexity index is 806. The molecule has 0 amide bonds. The molecule has 0 aliphatic heterocycles. The van der Waals surface area contributed by atoms with E-state index >= 15 is 0 Å². The number of halogens is 1. The Balaban J connectivity index is 0.00000392. The highest BCUT2D eigenvalue weighted by Gasteiger charge is 2.12. The first-order valence-corrected chi connectivity index (χ1v) is 9.23. The van der Waals surface area contributed by atoms with Gasteiger partial charge in [0.1, 0.15) is 0 Å². The number of hydrogen-bond acceptors (Lipinski definition) is 5. The minimum absolute atomic E-state index is 0. The number of carbonyl (C=O) groups is 1. The lowest BCUT2D eigenvalue weighted by Gasteiger charge is -2.10. The lowest BCUT2D eigenvalue weighted by Crippen LogP contribution is -2.08. The average molecular weight is 387 g/mol. The van der Waals surface area contributed by atoms with Gasteiger partial charge in [-0.05, 0) is 31.6 Å². The van der Waals surface area contributed by atoms with Crippen molar-refractivity contribution >= 4 is 17.8 Å². The molecule has 0 radical (unpaired) electrons. The lowest BCUT2D eigenvalue weighted by atomic mass is 10.2. The molecule has 0 saturated heterocycles. The molecule has 0 spiro atoms. The van der Waals surface area contributed by atoms with Crippen LogP contribution in [0.1, 0.15) is 58.2 Å². The molecule has 28 heavy (non-hydrogen) atoms. The van der Waals surface area contributed by atoms with E-state index in [9.17, 15) is 9.18 Å². The number of nitrogens with zero attached hydrogens (tertiary/aromatic N) is 2. The van der Waals surface area contributed by atoms with Gasteiger partial charge in [0.05, 0.1) is 5.69 Å². The number of aryl methyl sites for hydroxylation is 1. The molecule has 0 fully saturated rings. The maximum absolute atomic E-state index is 13.8. The number of aromatic nitrogens is 2. The average Bonchev–Trinajstić information content (AvgIpc) is 2.64. The summed E-state index contributed by atoms with van der Waals surface area (Å²) in [6.45, 7) is 6.20. The predicted molar refractivity (Wildman–Crippen MR) is 112 cm³/mol. The Morgan fingerprint density at radius 3 is 2.64 bits per heavy atom. The van der Waals surface area contributed by atoms with Gasteiger partial charge in [-0.2, -0.15) is 0 Å². The van der Waals surface area contributed by atoms with E-state index in [-0.39, 0.29) is 24.7 Å². The standard InChI is InChI=1S/C21H26FN3O2.CH4/c1-4-5-6-9-12-23-21-24-14-17(15(2)25-21)13-20(16(3)26)27-19-11-8-7-10-18(19)22;/h7-8,10-11,13-14H,4-6,9,12H2,1-3H3,(H,23,24,25);1H4/b20-13+;. The topological polar surface area (TPSA) is 64.1 Å². The highest BCUT2D eigenvalue weighted by Crippen LogP contribution is 2.21. The normalized spacial score (nSPS) is 10.9. The van der Waals surface area contributed by atoms with E-state index in [1.165, 1.54) is 44.4 Å². The summed E-state index contributed by atoms with van der Waals surface area (Å²) >= 11 is 0. The summed E-state index contributed by atoms with van der Waals surface area (Å²) in [5.74, 6) is -0.244. The van der Waals surface area contributed by atoms with E-state index in [2.05, 4.69) is 22.2 Å². The van der Waals surface area contributed by atoms with E-state index < -0.39 is 5.82 Å². The molecule has 0 aliphatic rings. The SMILES string of the molecule is C.CCCCCCNc1ncc(/C=C(/Oc2ccccc2F)C(C)=O)c(C)n1. The molecule has 0 unspecified atom stereocenters. The van der Waals surface area contributed by atoms with Crippen LogP contribution in [0.15, 0.2) is 36.2 Å². The van der Waals surface area contributed by atoms with Gasteiger partial charge in [-0.25, -0.2) is 14.4 Å². The fourth-order valence-corrected chi connectivity index (χ4v) is 2.45. The summed E-state index contributed by atoms with van der Waals surface area (Å²) in [4.78, 5) is 20.6. The summed E-state index contributed by atoms with van der Waals surface area (Å²) in [6.07, 6.45) is 7.84. The van der Waals surface area contributed by atoms with Crippen molar-refractivity contribution in [3.63, 3.8) is 0 Å². The highest BCUT2D eigenvalue weighted by molar-refractivity contribution is 5.96. The number of para-hydroxylation sites is 1. The summed E-state index contributed by atoms with van der Waals surface area (Å²) in [6, 6.07) is 5.96. The second-order valence-electron chi connectivity index (χ2n) is 6.32. The minimum Gasteiger partial charge on any atom is -0.451 e. The number of allylic oxidation sites excluding steroid dienone is 1. The highest BCUT2D eigenvalue weighted by atomic mass is 19.1. The van der Waals surface area contributed by atoms with Crippen LogP contribution in [-0.4, -0.2) is 22.3 Å². The van der Waals surface area contributed by atoms with Crippen LogP contribution in [0.25, 0.3) is 6.08 Å². The van der Waals surface area contributed by atoms with E-state index in [4.69, 9.17) is 4.74 Å². The number of ether oxygens (including phenoxy) is 1. The first kappa shape index (κ1) is 23.3. The first-order valence-electron chi connectivity index (χ1n) is 9.23. The Labute approximate surface area is 167 Å². The minimum atomic E-state index is -0.528. The predicted octanol–water partition coefficient (Wildman–Crippen LogP) is 5.56. The molecule has 1 aromatic heterocycles. The smallest absolute Gasteiger partial charge is 0.222 e. The van der Waals surface area contributed by atoms with Gasteiger partial charge in [0, 0.05) is 25.2 Å². The van der Waals surface area contributed by atoms with E-state index in [0.717, 1.165) is 13.0 Å². The summed E-state index contributed by atoms with van der Waals surface area (Å²) < 4.78 is 19.2. The molecule has 0 bridgehead atoms. The third-order valence-corrected chi connectivity index (χ3v) is 4.02. The van der Waals surface area contributed by atoms with Crippen molar-refractivity contribution in [2.75, 3.05) is 11.9 Å². The van der Waals surface area contributed by atoms with Crippen LogP contribution in [0.2, 0.25) is 0 Å². The maximum atomic E-state index is 13.8. The van der Waals surface area contributed by atoms with Crippen molar-refractivity contribution in [2.24, 2.45) is 0 Å². The molecule has 1 aromatic carbocycles. The number of hydrogen-bond donors (Lipinski definition) is 1. The van der Waals surface area contributed by atoms with Crippen molar-refractivity contribution in [2.45, 2.75) is 53.9 Å². The maximum Gasteiger partial charge on any atom is 0.222 e. The van der Waals surface area contributed by atoms with Crippen LogP contribution in [-0.2, 0) is 4.79 Å². The summed E-state index contributed by atoms with van der Waals surface area (Å²) in [5.41, 5.74) is 1.35. The number of carbonyl (C=O) groups excluding carboxylic acids is 1. The molecular weight excluding hydrogens is 357 g/mol. The third-order valence-electron chi connectivity index (χ3n) is 4.02. The van der Waals surface area contributed by atoms with E-state index in [0.29, 0.717) is 17.2 Å². The van der Waals surface area contributed by atoms with E-state index in [1.54, 1.807) is 18.3 Å². The first-order chi connectivity index (χ1) is 13.0. The molecule has 0 aliphatic carbocycles. The zero-order valence-corrected chi connectivity index (χ0v) is 16.1. The Hall–Kier alpha value is -2.76. The monoisotopic (exact) mass is 387 g/mol. The van der Waals surface area contributed by atoms with E-state index in [1.807, 2.05) is 6.92 Å². The largest absolute Gasteiger partial charge is 0.451 e. The molecule has 1 N–H and O–H groups in total. The van der Waals surface area contributed by atoms with Gasteiger partial charge in [0.2, 0.25) is 5.95 Å². The fraction of sp³-hybridized carbons (Fsp3) is 0.409. The van der Waals surface area contributed by atoms with Crippen LogP contribution in [0.5, 0.6) is 5.75 Å². The third kappa shape index (κ3) is 7.10. The number of Topliss-reactive ketones (excluding diaryl/α,β-unsaturated/α-hetero) is 1. The lowest BCUT2D eigenvalue weighted by molar-refractivity contribution is -0.115. The van der Waals surface area contributed by atoms with Crippen LogP contribution in [0, 0.1) is 12.7 Å². The molecular formula is C22H30FN3O2. The van der Waals surface area contributed by atoms with Crippen molar-refractivity contribution in [1.82, 2.24) is 9.97 Å². The van der Waals surface area contributed by atoms with Gasteiger partial charge in [0.25, 0.3) is 0 Å². The summed E-state index contributed by atoms with van der Waals surface area (Å²) in [7, 11) is 0. The number of unbranched alkanes of at least 4 members (excludes halogenated alkanes) is 3. The number of benzene rings is 1. The van der Waals surface area contributed by atoms with Gasteiger partial charge in [0.15, 0.2) is 23.1 Å². The Morgan fingerprint density at radius 1 is 1.25 bits per heavy atom. The second kappa shape index (κ2) is 11.8. The zero-order chi connectivity index (χ0) is 19.6. The van der Waals surface area contributed by atoms with Gasteiger partial charge in [-0.1, -0.05) is 45.7 Å². The van der Waals surface area contributed by atoms with Gasteiger partial charge in [-0.15, -0.1) is 0 Å². The van der Waals surface area contributed by atoms with Crippen molar-refractivity contribution in [3.05, 3.63) is 53.3 Å². The summed E-state index contributed by atoms with van der Waals surface area (Å²) in [5, 5.41) is 3.20. The number of rotatable bonds is 10. The molecule has 0 atom stereocenters. The second-order valence-corrected chi connectivity index (χ2v) is 6.32. The molecule has 6 heteroatoms. The Morgan fingerprint density at radius 2 is 2.00 bits per heavy atom. The van der Waals surface area contributed by atoms with Crippen LogP contribution < -0.4 is 10.1 Å². The number of anilines is 1. The number of ketones is 1. The van der Waals surface area contributed by atoms with Crippen LogP contribution in [0.3, 0.4) is 0 Å². The molecule has 152 valence electrons. The van der Waals surface area contributed by atoms with Crippen molar-refractivity contribution in [1.29, 1.82) is 0 Å². The molecule has 1 heterocycles. The Kier molecular flexibility index (Phi) is 9.85. The number of nitrogens with one attached hydrogen (secondary N) is 1. The molecule has 2 aromatic rings. The van der Waals surface area contributed by atoms with Gasteiger partial charge < -0.3 is 10.1 Å². The zero-order valence-electron chi connectivity index (χ0n) is 16.1. The van der Waals surface area contributed by atoms with Gasteiger partial charge in [-0.3, -0.25) is 4.79 Å². The van der Waals surface area contributed by atoms with Crippen LogP contribution >= 0.6 is 0 Å². The quantitative estimate of drug-likeness (QED) is 0.328. The van der Waals surface area contributed by atoms with Gasteiger partial charge >= 0.3 is 0 Å². The molecule has 2 rings (SSSR count). The van der Waals surface area contributed by atoms with Crippen molar-refractivity contribution in [3.8, 4) is 5.75 Å².